The molecule has 0 aliphatic heterocycles. The molecule has 2 atom stereocenters. The van der Waals surface area contributed by atoms with E-state index in [9.17, 15) is 0 Å². The molecule has 0 heteroatoms. The Hall–Kier alpha value is -0.520. The molecule has 0 heterocycles. The van der Waals surface area contributed by atoms with E-state index in [0.29, 0.717) is 0 Å². The van der Waals surface area contributed by atoms with Crippen LogP contribution in [0.4, 0.5) is 0 Å². The fourth-order valence-corrected chi connectivity index (χ4v) is 2.46. The highest BCUT2D eigenvalue weighted by molar-refractivity contribution is 4.98. The van der Waals surface area contributed by atoms with E-state index in [2.05, 4.69) is 24.3 Å². The van der Waals surface area contributed by atoms with Crippen molar-refractivity contribution < 1.29 is 0 Å². The highest BCUT2D eigenvalue weighted by atomic mass is 14.3. The predicted octanol–water partition coefficient (Wildman–Crippen LogP) is 4.34. The largest absolute Gasteiger partial charge is 0.0885 e. The first-order chi connectivity index (χ1) is 5.97. The molecule has 0 spiro atoms. The van der Waals surface area contributed by atoms with Crippen molar-refractivity contribution in [3.63, 3.8) is 0 Å². The van der Waals surface area contributed by atoms with E-state index in [4.69, 9.17) is 0 Å². The molecule has 0 bridgehead atoms. The second-order valence-corrected chi connectivity index (χ2v) is 4.10. The van der Waals surface area contributed by atoms with Gasteiger partial charge in [-0.1, -0.05) is 31.7 Å². The first-order valence-corrected chi connectivity index (χ1v) is 5.27. The first-order valence-electron chi connectivity index (χ1n) is 5.27. The quantitative estimate of drug-likeness (QED) is 0.484. The molecule has 0 aromatic carbocycles. The van der Waals surface area contributed by atoms with Crippen molar-refractivity contribution in [3.05, 3.63) is 24.3 Å². The van der Waals surface area contributed by atoms with Crippen LogP contribution in [-0.4, -0.2) is 0 Å². The molecule has 0 aromatic rings. The lowest BCUT2D eigenvalue weighted by Gasteiger charge is -2.28. The van der Waals surface area contributed by atoms with Gasteiger partial charge in [0.1, 0.15) is 0 Å². The van der Waals surface area contributed by atoms with Crippen molar-refractivity contribution in [1.29, 1.82) is 0 Å². The van der Waals surface area contributed by atoms with E-state index in [1.807, 2.05) is 0 Å². The normalized spacial score (nSPS) is 32.6. The Kier molecular flexibility index (Phi) is 4.27. The minimum absolute atomic E-state index is 0. The molecule has 0 N–H and O–H groups in total. The van der Waals surface area contributed by atoms with Crippen LogP contribution in [0.5, 0.6) is 0 Å². The second kappa shape index (κ2) is 5.26. The standard InChI is InChI=1S/C12H18.CH4/c1-2-4-8-12-10-6-5-9-11(12)7-3-1;/h1,3,5-6,11-12H,2,4,7-10H2;1H4. The summed E-state index contributed by atoms with van der Waals surface area (Å²) in [7, 11) is 0. The highest BCUT2D eigenvalue weighted by Gasteiger charge is 2.21. The van der Waals surface area contributed by atoms with Crippen LogP contribution in [0.25, 0.3) is 0 Å². The van der Waals surface area contributed by atoms with Crippen LogP contribution >= 0.6 is 0 Å². The van der Waals surface area contributed by atoms with Crippen molar-refractivity contribution in [2.45, 2.75) is 46.0 Å². The fraction of sp³-hybridized carbons (Fsp3) is 0.692. The average molecular weight is 178 g/mol. The van der Waals surface area contributed by atoms with Gasteiger partial charge in [-0.25, -0.2) is 0 Å². The summed E-state index contributed by atoms with van der Waals surface area (Å²) >= 11 is 0. The number of hydrogen-bond donors (Lipinski definition) is 0. The minimum atomic E-state index is 0. The molecule has 0 saturated heterocycles. The van der Waals surface area contributed by atoms with Gasteiger partial charge in [-0.15, -0.1) is 0 Å². The van der Waals surface area contributed by atoms with E-state index in [1.165, 1.54) is 38.5 Å². The van der Waals surface area contributed by atoms with Crippen molar-refractivity contribution in [2.75, 3.05) is 0 Å². The number of rotatable bonds is 0. The Morgan fingerprint density at radius 1 is 0.769 bits per heavy atom. The van der Waals surface area contributed by atoms with Crippen LogP contribution in [-0.2, 0) is 0 Å². The van der Waals surface area contributed by atoms with Gasteiger partial charge < -0.3 is 0 Å². The van der Waals surface area contributed by atoms with Gasteiger partial charge in [0.2, 0.25) is 0 Å². The molecule has 0 saturated carbocycles. The molecule has 0 aromatic heterocycles. The van der Waals surface area contributed by atoms with E-state index >= 15 is 0 Å². The Morgan fingerprint density at radius 2 is 1.38 bits per heavy atom. The van der Waals surface area contributed by atoms with Gasteiger partial charge in [-0.2, -0.15) is 0 Å². The van der Waals surface area contributed by atoms with Crippen molar-refractivity contribution in [1.82, 2.24) is 0 Å². The van der Waals surface area contributed by atoms with E-state index in [-0.39, 0.29) is 7.43 Å². The second-order valence-electron chi connectivity index (χ2n) is 4.10. The predicted molar refractivity (Wildman–Crippen MR) is 59.7 cm³/mol. The van der Waals surface area contributed by atoms with E-state index in [1.54, 1.807) is 0 Å². The molecule has 2 unspecified atom stereocenters. The Bertz CT molecular complexity index is 188. The zero-order chi connectivity index (χ0) is 8.23. The number of hydrogen-bond acceptors (Lipinski definition) is 0. The number of fused-ring (bicyclic) bond motifs is 1. The molecule has 0 fully saturated rings. The van der Waals surface area contributed by atoms with Crippen LogP contribution in [0, 0.1) is 11.8 Å². The van der Waals surface area contributed by atoms with Crippen LogP contribution in [0.2, 0.25) is 0 Å². The molecule has 2 aliphatic carbocycles. The topological polar surface area (TPSA) is 0 Å². The Balaban J connectivity index is 0.000000845. The molecule has 2 rings (SSSR count). The maximum atomic E-state index is 2.40. The minimum Gasteiger partial charge on any atom is -0.0885 e. The van der Waals surface area contributed by atoms with Gasteiger partial charge in [-0.05, 0) is 50.4 Å². The van der Waals surface area contributed by atoms with E-state index in [0.717, 1.165) is 11.8 Å². The molecule has 2 aliphatic rings. The smallest absolute Gasteiger partial charge is 0.0314 e. The lowest BCUT2D eigenvalue weighted by atomic mass is 9.77. The maximum Gasteiger partial charge on any atom is -0.0314 e. The van der Waals surface area contributed by atoms with Crippen LogP contribution in [0.3, 0.4) is 0 Å². The third kappa shape index (κ3) is 2.72. The lowest BCUT2D eigenvalue weighted by molar-refractivity contribution is 0.296. The summed E-state index contributed by atoms with van der Waals surface area (Å²) in [4.78, 5) is 0. The van der Waals surface area contributed by atoms with Gasteiger partial charge in [0.25, 0.3) is 0 Å². The van der Waals surface area contributed by atoms with Gasteiger partial charge in [0, 0.05) is 0 Å². The average Bonchev–Trinajstić information content (AvgIpc) is 2.06. The van der Waals surface area contributed by atoms with Crippen LogP contribution in [0.1, 0.15) is 46.0 Å². The summed E-state index contributed by atoms with van der Waals surface area (Å²) in [5, 5.41) is 0. The summed E-state index contributed by atoms with van der Waals surface area (Å²) in [6.07, 6.45) is 17.7. The summed E-state index contributed by atoms with van der Waals surface area (Å²) < 4.78 is 0. The van der Waals surface area contributed by atoms with Gasteiger partial charge in [0.05, 0.1) is 0 Å². The molecule has 0 radical (unpaired) electrons. The van der Waals surface area contributed by atoms with Gasteiger partial charge in [0.15, 0.2) is 0 Å². The Labute approximate surface area is 82.7 Å². The van der Waals surface area contributed by atoms with Gasteiger partial charge >= 0.3 is 0 Å². The molecular weight excluding hydrogens is 156 g/mol. The van der Waals surface area contributed by atoms with Crippen molar-refractivity contribution in [2.24, 2.45) is 11.8 Å². The summed E-state index contributed by atoms with van der Waals surface area (Å²) in [6.45, 7) is 0. The summed E-state index contributed by atoms with van der Waals surface area (Å²) in [6, 6.07) is 0. The Morgan fingerprint density at radius 3 is 2.15 bits per heavy atom. The first kappa shape index (κ1) is 10.6. The molecule has 13 heavy (non-hydrogen) atoms. The molecular formula is C13H22. The summed E-state index contributed by atoms with van der Waals surface area (Å²) in [5.41, 5.74) is 0. The van der Waals surface area contributed by atoms with Gasteiger partial charge in [-0.3, -0.25) is 0 Å². The third-order valence-electron chi connectivity index (χ3n) is 3.26. The lowest BCUT2D eigenvalue weighted by Crippen LogP contribution is -2.17. The van der Waals surface area contributed by atoms with Crippen molar-refractivity contribution >= 4 is 0 Å². The third-order valence-corrected chi connectivity index (χ3v) is 3.26. The molecule has 74 valence electrons. The molecule has 0 nitrogen and oxygen atoms in total. The zero-order valence-electron chi connectivity index (χ0n) is 7.71. The highest BCUT2D eigenvalue weighted by Crippen LogP contribution is 2.33. The summed E-state index contributed by atoms with van der Waals surface area (Å²) in [5.74, 6) is 1.96. The zero-order valence-corrected chi connectivity index (χ0v) is 7.71. The SMILES string of the molecule is C.C1=CCC2CC=CCC2CCC1. The van der Waals surface area contributed by atoms with E-state index < -0.39 is 0 Å². The number of allylic oxidation sites excluding steroid dienone is 4. The maximum absolute atomic E-state index is 2.40. The van der Waals surface area contributed by atoms with Crippen LogP contribution in [0.15, 0.2) is 24.3 Å². The van der Waals surface area contributed by atoms with Crippen molar-refractivity contribution in [3.8, 4) is 0 Å². The molecule has 0 amide bonds. The monoisotopic (exact) mass is 178 g/mol. The fourth-order valence-electron chi connectivity index (χ4n) is 2.46. The van der Waals surface area contributed by atoms with Crippen LogP contribution < -0.4 is 0 Å².